The molecule has 9 heteroatoms. The van der Waals surface area contributed by atoms with Crippen LogP contribution in [0.25, 0.3) is 0 Å². The number of anilines is 1. The van der Waals surface area contributed by atoms with Crippen molar-refractivity contribution in [3.63, 3.8) is 0 Å². The van der Waals surface area contributed by atoms with Crippen molar-refractivity contribution in [1.29, 1.82) is 0 Å². The third-order valence-electron chi connectivity index (χ3n) is 4.28. The summed E-state index contributed by atoms with van der Waals surface area (Å²) in [5.41, 5.74) is 1.03. The van der Waals surface area contributed by atoms with Crippen LogP contribution in [0.4, 0.5) is 5.13 Å². The Hall–Kier alpha value is -3.07. The van der Waals surface area contributed by atoms with Crippen molar-refractivity contribution in [2.24, 2.45) is 5.41 Å². The van der Waals surface area contributed by atoms with Gasteiger partial charge >= 0.3 is 0 Å². The van der Waals surface area contributed by atoms with Crippen molar-refractivity contribution in [3.05, 3.63) is 58.7 Å². The van der Waals surface area contributed by atoms with Gasteiger partial charge in [0.05, 0.1) is 24.6 Å². The summed E-state index contributed by atoms with van der Waals surface area (Å²) in [6.07, 6.45) is 0.495. The van der Waals surface area contributed by atoms with E-state index in [9.17, 15) is 9.59 Å². The molecule has 3 aromatic rings. The monoisotopic (exact) mass is 427 g/mol. The first-order valence-corrected chi connectivity index (χ1v) is 10.5. The predicted octanol–water partition coefficient (Wildman–Crippen LogP) is 3.46. The van der Waals surface area contributed by atoms with Gasteiger partial charge in [-0.05, 0) is 12.5 Å². The highest BCUT2D eigenvalue weighted by Crippen LogP contribution is 2.22. The van der Waals surface area contributed by atoms with Crippen LogP contribution in [-0.4, -0.2) is 26.9 Å². The van der Waals surface area contributed by atoms with Gasteiger partial charge in [-0.1, -0.05) is 56.3 Å². The number of amides is 2. The van der Waals surface area contributed by atoms with Gasteiger partial charge in [0.1, 0.15) is 0 Å². The van der Waals surface area contributed by atoms with Crippen LogP contribution in [0.2, 0.25) is 0 Å². The lowest BCUT2D eigenvalue weighted by Gasteiger charge is -2.17. The third-order valence-corrected chi connectivity index (χ3v) is 5.09. The summed E-state index contributed by atoms with van der Waals surface area (Å²) in [6.45, 7) is 7.25. The minimum Gasteiger partial charge on any atom is -0.348 e. The molecule has 1 atom stereocenters. The quantitative estimate of drug-likeness (QED) is 0.597. The first-order valence-electron chi connectivity index (χ1n) is 9.60. The van der Waals surface area contributed by atoms with Gasteiger partial charge in [-0.2, -0.15) is 4.98 Å². The van der Waals surface area contributed by atoms with Gasteiger partial charge in [0.15, 0.2) is 11.0 Å². The summed E-state index contributed by atoms with van der Waals surface area (Å²) < 4.78 is 5.22. The van der Waals surface area contributed by atoms with E-state index in [0.29, 0.717) is 29.0 Å². The standard InChI is InChI=1S/C21H25N5O3S/c1-13-22-18(29-26-13)11-16(14-8-6-5-7-9-14)24-17(27)10-15-12-30-20(23-15)25-19(28)21(2,3)4/h5-9,12,16H,10-11H2,1-4H3,(H,24,27)(H,23,25,28). The molecule has 0 aliphatic rings. The number of aryl methyl sites for hydroxylation is 1. The summed E-state index contributed by atoms with van der Waals surface area (Å²) in [5, 5.41) is 11.9. The smallest absolute Gasteiger partial charge is 0.231 e. The molecule has 0 aliphatic carbocycles. The second-order valence-electron chi connectivity index (χ2n) is 8.00. The molecule has 2 amide bonds. The molecular weight excluding hydrogens is 402 g/mol. The number of nitrogens with zero attached hydrogens (tertiary/aromatic N) is 3. The molecule has 0 radical (unpaired) electrons. The molecule has 2 aromatic heterocycles. The summed E-state index contributed by atoms with van der Waals surface area (Å²) in [5.74, 6) is 0.712. The Bertz CT molecular complexity index is 1010. The summed E-state index contributed by atoms with van der Waals surface area (Å²) >= 11 is 1.30. The Morgan fingerprint density at radius 2 is 1.90 bits per heavy atom. The maximum absolute atomic E-state index is 12.7. The Kier molecular flexibility index (Phi) is 6.61. The van der Waals surface area contributed by atoms with E-state index >= 15 is 0 Å². The number of rotatable bonds is 7. The highest BCUT2D eigenvalue weighted by atomic mass is 32.1. The first-order chi connectivity index (χ1) is 14.2. The van der Waals surface area contributed by atoms with E-state index in [0.717, 1.165) is 5.56 Å². The molecule has 3 rings (SSSR count). The first kappa shape index (κ1) is 21.6. The zero-order valence-corrected chi connectivity index (χ0v) is 18.2. The normalized spacial score (nSPS) is 12.4. The number of carbonyl (C=O) groups is 2. The van der Waals surface area contributed by atoms with Crippen LogP contribution in [0.15, 0.2) is 40.2 Å². The van der Waals surface area contributed by atoms with Crippen LogP contribution >= 0.6 is 11.3 Å². The fraction of sp³-hybridized carbons (Fsp3) is 0.381. The van der Waals surface area contributed by atoms with E-state index < -0.39 is 5.41 Å². The SMILES string of the molecule is Cc1noc(CC(NC(=O)Cc2csc(NC(=O)C(C)(C)C)n2)c2ccccc2)n1. The van der Waals surface area contributed by atoms with Crippen LogP contribution in [0.3, 0.4) is 0 Å². The molecule has 1 unspecified atom stereocenters. The van der Waals surface area contributed by atoms with Crippen LogP contribution in [0.5, 0.6) is 0 Å². The zero-order valence-electron chi connectivity index (χ0n) is 17.4. The van der Waals surface area contributed by atoms with Gasteiger partial charge in [0, 0.05) is 10.8 Å². The second kappa shape index (κ2) is 9.17. The molecule has 0 spiro atoms. The van der Waals surface area contributed by atoms with Crippen LogP contribution < -0.4 is 10.6 Å². The maximum atomic E-state index is 12.7. The second-order valence-corrected chi connectivity index (χ2v) is 8.85. The Morgan fingerprint density at radius 1 is 1.17 bits per heavy atom. The lowest BCUT2D eigenvalue weighted by molar-refractivity contribution is -0.123. The molecule has 0 aliphatic heterocycles. The van der Waals surface area contributed by atoms with E-state index in [1.807, 2.05) is 51.1 Å². The summed E-state index contributed by atoms with van der Waals surface area (Å²) in [4.78, 5) is 33.4. The van der Waals surface area contributed by atoms with Crippen molar-refractivity contribution in [3.8, 4) is 0 Å². The molecule has 2 N–H and O–H groups in total. The largest absolute Gasteiger partial charge is 0.348 e. The number of thiazole rings is 1. The van der Waals surface area contributed by atoms with Gasteiger partial charge in [0.25, 0.3) is 0 Å². The minimum absolute atomic E-state index is 0.105. The Labute approximate surface area is 179 Å². The van der Waals surface area contributed by atoms with Crippen molar-refractivity contribution in [1.82, 2.24) is 20.4 Å². The van der Waals surface area contributed by atoms with E-state index in [4.69, 9.17) is 4.52 Å². The zero-order chi connectivity index (χ0) is 21.7. The number of aromatic nitrogens is 3. The van der Waals surface area contributed by atoms with E-state index in [2.05, 4.69) is 25.8 Å². The average molecular weight is 428 g/mol. The fourth-order valence-electron chi connectivity index (χ4n) is 2.68. The molecule has 0 saturated heterocycles. The van der Waals surface area contributed by atoms with Gasteiger partial charge in [0.2, 0.25) is 17.7 Å². The summed E-state index contributed by atoms with van der Waals surface area (Å²) in [6, 6.07) is 9.32. The number of hydrogen-bond donors (Lipinski definition) is 2. The van der Waals surface area contributed by atoms with Gasteiger partial charge in [-0.25, -0.2) is 4.98 Å². The highest BCUT2D eigenvalue weighted by molar-refractivity contribution is 7.13. The van der Waals surface area contributed by atoms with Crippen molar-refractivity contribution in [2.75, 3.05) is 5.32 Å². The van der Waals surface area contributed by atoms with Gasteiger partial charge in [-0.3, -0.25) is 9.59 Å². The van der Waals surface area contributed by atoms with Crippen molar-refractivity contribution in [2.45, 2.75) is 46.6 Å². The molecular formula is C21H25N5O3S. The number of carbonyl (C=O) groups excluding carboxylic acids is 2. The average Bonchev–Trinajstić information content (AvgIpc) is 3.29. The van der Waals surface area contributed by atoms with E-state index in [1.165, 1.54) is 11.3 Å². The molecule has 0 bridgehead atoms. The lowest BCUT2D eigenvalue weighted by atomic mass is 9.96. The van der Waals surface area contributed by atoms with Crippen LogP contribution in [0.1, 0.15) is 49.8 Å². The fourth-order valence-corrected chi connectivity index (χ4v) is 3.38. The van der Waals surface area contributed by atoms with Gasteiger partial charge < -0.3 is 15.2 Å². The minimum atomic E-state index is -0.515. The lowest BCUT2D eigenvalue weighted by Crippen LogP contribution is -2.31. The maximum Gasteiger partial charge on any atom is 0.231 e. The molecule has 8 nitrogen and oxygen atoms in total. The number of nitrogens with one attached hydrogen (secondary N) is 2. The predicted molar refractivity (Wildman–Crippen MR) is 114 cm³/mol. The molecule has 0 fully saturated rings. The number of hydrogen-bond acceptors (Lipinski definition) is 7. The third kappa shape index (κ3) is 5.96. The molecule has 1 aromatic carbocycles. The van der Waals surface area contributed by atoms with Crippen LogP contribution in [-0.2, 0) is 22.4 Å². The van der Waals surface area contributed by atoms with Crippen molar-refractivity contribution >= 4 is 28.3 Å². The number of benzene rings is 1. The molecule has 0 saturated carbocycles. The summed E-state index contributed by atoms with van der Waals surface area (Å²) in [7, 11) is 0. The van der Waals surface area contributed by atoms with Crippen molar-refractivity contribution < 1.29 is 14.1 Å². The molecule has 158 valence electrons. The molecule has 30 heavy (non-hydrogen) atoms. The Balaban J connectivity index is 1.65. The topological polar surface area (TPSA) is 110 Å². The van der Waals surface area contributed by atoms with Crippen LogP contribution in [0, 0.1) is 12.3 Å². The van der Waals surface area contributed by atoms with E-state index in [1.54, 1.807) is 12.3 Å². The van der Waals surface area contributed by atoms with E-state index in [-0.39, 0.29) is 24.3 Å². The molecule has 2 heterocycles. The Morgan fingerprint density at radius 3 is 2.53 bits per heavy atom. The highest BCUT2D eigenvalue weighted by Gasteiger charge is 2.23. The van der Waals surface area contributed by atoms with Gasteiger partial charge in [-0.15, -0.1) is 11.3 Å².